The number of hydrogen-bond acceptors (Lipinski definition) is 3. The summed E-state index contributed by atoms with van der Waals surface area (Å²) in [5.41, 5.74) is 0.498. The largest absolute Gasteiger partial charge is 0.478 e. The predicted octanol–water partition coefficient (Wildman–Crippen LogP) is 3.15. The van der Waals surface area contributed by atoms with Crippen LogP contribution < -0.4 is 5.32 Å². The van der Waals surface area contributed by atoms with Gasteiger partial charge in [0.25, 0.3) is 5.91 Å². The van der Waals surface area contributed by atoms with E-state index >= 15 is 0 Å². The lowest BCUT2D eigenvalue weighted by Crippen LogP contribution is -2.36. The molecule has 5 heteroatoms. The molecule has 0 bridgehead atoms. The lowest BCUT2D eigenvalue weighted by molar-refractivity contribution is 0.0696. The van der Waals surface area contributed by atoms with Crippen LogP contribution in [0.3, 0.4) is 0 Å². The van der Waals surface area contributed by atoms with Crippen LogP contribution in [0.5, 0.6) is 0 Å². The summed E-state index contributed by atoms with van der Waals surface area (Å²) >= 11 is 1.67. The summed E-state index contributed by atoms with van der Waals surface area (Å²) in [5, 5.41) is 13.7. The van der Waals surface area contributed by atoms with Crippen molar-refractivity contribution in [2.45, 2.75) is 19.3 Å². The molecule has 21 heavy (non-hydrogen) atoms. The second-order valence-corrected chi connectivity index (χ2v) is 6.37. The number of carboxylic acid groups (broad SMARTS) is 1. The predicted molar refractivity (Wildman–Crippen MR) is 83.1 cm³/mol. The van der Waals surface area contributed by atoms with Gasteiger partial charge >= 0.3 is 5.97 Å². The summed E-state index contributed by atoms with van der Waals surface area (Å²) < 4.78 is 0. The highest BCUT2D eigenvalue weighted by Crippen LogP contribution is 2.26. The Labute approximate surface area is 127 Å². The Kier molecular flexibility index (Phi) is 4.43. The van der Waals surface area contributed by atoms with Gasteiger partial charge in [-0.1, -0.05) is 19.9 Å². The molecular weight excluding hydrogens is 286 g/mol. The van der Waals surface area contributed by atoms with Gasteiger partial charge < -0.3 is 10.4 Å². The summed E-state index contributed by atoms with van der Waals surface area (Å²) in [5.74, 6) is -1.20. The molecule has 2 rings (SSSR count). The molecule has 1 heterocycles. The molecule has 0 radical (unpaired) electrons. The molecule has 0 fully saturated rings. The molecule has 110 valence electrons. The number of rotatable bonds is 5. The third kappa shape index (κ3) is 3.70. The van der Waals surface area contributed by atoms with Crippen LogP contribution in [0.2, 0.25) is 0 Å². The van der Waals surface area contributed by atoms with Crippen LogP contribution in [-0.4, -0.2) is 23.5 Å². The lowest BCUT2D eigenvalue weighted by Gasteiger charge is -2.23. The van der Waals surface area contributed by atoms with E-state index in [0.29, 0.717) is 12.1 Å². The highest BCUT2D eigenvalue weighted by atomic mass is 32.1. The number of aromatic carboxylic acids is 1. The fourth-order valence-corrected chi connectivity index (χ4v) is 2.77. The van der Waals surface area contributed by atoms with E-state index in [1.54, 1.807) is 11.3 Å². The Bertz CT molecular complexity index is 630. The average molecular weight is 303 g/mol. The molecule has 0 saturated heterocycles. The summed E-state index contributed by atoms with van der Waals surface area (Å²) in [6, 6.07) is 9.96. The van der Waals surface area contributed by atoms with E-state index in [2.05, 4.69) is 25.2 Å². The fraction of sp³-hybridized carbons (Fsp3) is 0.250. The van der Waals surface area contributed by atoms with Gasteiger partial charge in [0.15, 0.2) is 0 Å². The first-order valence-corrected chi connectivity index (χ1v) is 7.44. The lowest BCUT2D eigenvalue weighted by atomic mass is 9.91. The normalized spacial score (nSPS) is 11.1. The Hall–Kier alpha value is -2.14. The van der Waals surface area contributed by atoms with Crippen molar-refractivity contribution in [2.24, 2.45) is 0 Å². The maximum Gasteiger partial charge on any atom is 0.335 e. The van der Waals surface area contributed by atoms with Crippen molar-refractivity contribution in [3.8, 4) is 0 Å². The van der Waals surface area contributed by atoms with Crippen LogP contribution in [0.15, 0.2) is 41.8 Å². The van der Waals surface area contributed by atoms with Crippen LogP contribution in [-0.2, 0) is 5.41 Å². The second-order valence-electron chi connectivity index (χ2n) is 5.43. The maximum absolute atomic E-state index is 12.1. The number of thiophene rings is 1. The molecule has 1 aromatic carbocycles. The summed E-state index contributed by atoms with van der Waals surface area (Å²) in [6.45, 7) is 4.67. The van der Waals surface area contributed by atoms with Crippen molar-refractivity contribution in [1.29, 1.82) is 0 Å². The van der Waals surface area contributed by atoms with Crippen molar-refractivity contribution in [2.75, 3.05) is 6.54 Å². The van der Waals surface area contributed by atoms with Crippen molar-refractivity contribution in [3.63, 3.8) is 0 Å². The molecule has 1 amide bonds. The minimum absolute atomic E-state index is 0.134. The van der Waals surface area contributed by atoms with Crippen molar-refractivity contribution < 1.29 is 14.7 Å². The number of carbonyl (C=O) groups excluding carboxylic acids is 1. The number of amides is 1. The van der Waals surface area contributed by atoms with Crippen LogP contribution in [0.1, 0.15) is 39.4 Å². The molecule has 0 aliphatic carbocycles. The smallest absolute Gasteiger partial charge is 0.335 e. The first kappa shape index (κ1) is 15.3. The first-order valence-electron chi connectivity index (χ1n) is 6.56. The number of benzene rings is 1. The van der Waals surface area contributed by atoms with E-state index in [1.165, 1.54) is 29.1 Å². The Morgan fingerprint density at radius 2 is 1.76 bits per heavy atom. The molecule has 0 unspecified atom stereocenters. The first-order chi connectivity index (χ1) is 9.90. The third-order valence-electron chi connectivity index (χ3n) is 3.27. The van der Waals surface area contributed by atoms with Crippen LogP contribution in [0.4, 0.5) is 0 Å². The zero-order valence-corrected chi connectivity index (χ0v) is 12.7. The minimum atomic E-state index is -0.999. The standard InChI is InChI=1S/C16H17NO3S/c1-16(2,13-4-3-9-21-13)10-17-14(18)11-5-7-12(8-6-11)15(19)20/h3-9H,10H2,1-2H3,(H,17,18)(H,19,20). The van der Waals surface area contributed by atoms with Crippen molar-refractivity contribution in [3.05, 3.63) is 57.8 Å². The summed E-state index contributed by atoms with van der Waals surface area (Å²) in [4.78, 5) is 24.1. The van der Waals surface area contributed by atoms with Crippen LogP contribution >= 0.6 is 11.3 Å². The second kappa shape index (κ2) is 6.10. The molecular formula is C16H17NO3S. The van der Waals surface area contributed by atoms with E-state index < -0.39 is 5.97 Å². The number of nitrogens with one attached hydrogen (secondary N) is 1. The molecule has 1 aromatic heterocycles. The molecule has 0 aliphatic rings. The molecule has 0 saturated carbocycles. The van der Waals surface area contributed by atoms with Gasteiger partial charge in [-0.15, -0.1) is 11.3 Å². The van der Waals surface area contributed by atoms with E-state index in [-0.39, 0.29) is 16.9 Å². The molecule has 0 aliphatic heterocycles. The molecule has 0 atom stereocenters. The number of carboxylic acids is 1. The Morgan fingerprint density at radius 3 is 2.29 bits per heavy atom. The SMILES string of the molecule is CC(C)(CNC(=O)c1ccc(C(=O)O)cc1)c1cccs1. The Morgan fingerprint density at radius 1 is 1.14 bits per heavy atom. The summed E-state index contributed by atoms with van der Waals surface area (Å²) in [7, 11) is 0. The minimum Gasteiger partial charge on any atom is -0.478 e. The van der Waals surface area contributed by atoms with Gasteiger partial charge in [0.1, 0.15) is 0 Å². The Balaban J connectivity index is 2.00. The monoisotopic (exact) mass is 303 g/mol. The molecule has 0 spiro atoms. The van der Waals surface area contributed by atoms with E-state index in [4.69, 9.17) is 5.11 Å². The van der Waals surface area contributed by atoms with Gasteiger partial charge in [-0.2, -0.15) is 0 Å². The molecule has 2 aromatic rings. The van der Waals surface area contributed by atoms with Gasteiger partial charge in [0, 0.05) is 22.4 Å². The quantitative estimate of drug-likeness (QED) is 0.891. The number of hydrogen-bond donors (Lipinski definition) is 2. The molecule has 2 N–H and O–H groups in total. The fourth-order valence-electron chi connectivity index (χ4n) is 1.92. The highest BCUT2D eigenvalue weighted by Gasteiger charge is 2.22. The van der Waals surface area contributed by atoms with Gasteiger partial charge in [-0.25, -0.2) is 4.79 Å². The highest BCUT2D eigenvalue weighted by molar-refractivity contribution is 7.10. The van der Waals surface area contributed by atoms with E-state index in [1.807, 2.05) is 11.4 Å². The zero-order chi connectivity index (χ0) is 15.5. The topological polar surface area (TPSA) is 66.4 Å². The van der Waals surface area contributed by atoms with Gasteiger partial charge in [-0.3, -0.25) is 4.79 Å². The van der Waals surface area contributed by atoms with E-state index in [9.17, 15) is 9.59 Å². The van der Waals surface area contributed by atoms with Gasteiger partial charge in [0.05, 0.1) is 5.56 Å². The average Bonchev–Trinajstić information content (AvgIpc) is 3.00. The van der Waals surface area contributed by atoms with Gasteiger partial charge in [0.2, 0.25) is 0 Å². The van der Waals surface area contributed by atoms with Crippen molar-refractivity contribution >= 4 is 23.2 Å². The molecule has 4 nitrogen and oxygen atoms in total. The number of carbonyl (C=O) groups is 2. The van der Waals surface area contributed by atoms with Crippen LogP contribution in [0, 0.1) is 0 Å². The zero-order valence-electron chi connectivity index (χ0n) is 11.9. The van der Waals surface area contributed by atoms with E-state index in [0.717, 1.165) is 0 Å². The van der Waals surface area contributed by atoms with Gasteiger partial charge in [-0.05, 0) is 35.7 Å². The summed E-state index contributed by atoms with van der Waals surface area (Å²) in [6.07, 6.45) is 0. The van der Waals surface area contributed by atoms with Crippen molar-refractivity contribution in [1.82, 2.24) is 5.32 Å². The maximum atomic E-state index is 12.1. The van der Waals surface area contributed by atoms with Crippen LogP contribution in [0.25, 0.3) is 0 Å². The third-order valence-corrected chi connectivity index (χ3v) is 4.51.